The van der Waals surface area contributed by atoms with E-state index in [1.165, 1.54) is 24.3 Å². The van der Waals surface area contributed by atoms with Gasteiger partial charge in [0.1, 0.15) is 11.9 Å². The second-order valence-corrected chi connectivity index (χ2v) is 6.72. The number of rotatable bonds is 3. The molecule has 4 nitrogen and oxygen atoms in total. The van der Waals surface area contributed by atoms with E-state index in [4.69, 9.17) is 0 Å². The first-order valence-electron chi connectivity index (χ1n) is 7.11. The lowest BCUT2D eigenvalue weighted by molar-refractivity contribution is -0.141. The molecule has 0 spiro atoms. The van der Waals surface area contributed by atoms with Gasteiger partial charge in [-0.25, -0.2) is 9.78 Å². The number of hydrogen-bond acceptors (Lipinski definition) is 3. The maximum Gasteiger partial charge on any atom is 0.326 e. The van der Waals surface area contributed by atoms with E-state index in [0.29, 0.717) is 5.92 Å². The standard InChI is InChI=1S/C14H20N2O2S/c17-14(18)12-5-1-4-11-8-15-13(16(11)12)7-10-3-2-6-19-9-10/h8,10,12H,1-7,9H2,(H,17,18). The summed E-state index contributed by atoms with van der Waals surface area (Å²) in [5, 5.41) is 9.38. The second-order valence-electron chi connectivity index (χ2n) is 5.57. The summed E-state index contributed by atoms with van der Waals surface area (Å²) in [6, 6.07) is -0.391. The average molecular weight is 280 g/mol. The van der Waals surface area contributed by atoms with E-state index in [1.54, 1.807) is 0 Å². The number of carboxylic acids is 1. The molecule has 1 N–H and O–H groups in total. The van der Waals surface area contributed by atoms with Crippen LogP contribution < -0.4 is 0 Å². The predicted molar refractivity (Wildman–Crippen MR) is 75.6 cm³/mol. The van der Waals surface area contributed by atoms with E-state index in [0.717, 1.165) is 37.2 Å². The van der Waals surface area contributed by atoms with Gasteiger partial charge in [-0.1, -0.05) is 0 Å². The molecule has 0 amide bonds. The highest BCUT2D eigenvalue weighted by Gasteiger charge is 2.29. The van der Waals surface area contributed by atoms with Gasteiger partial charge in [-0.3, -0.25) is 0 Å². The van der Waals surface area contributed by atoms with Gasteiger partial charge >= 0.3 is 5.97 Å². The number of fused-ring (bicyclic) bond motifs is 1. The highest BCUT2D eigenvalue weighted by molar-refractivity contribution is 7.99. The minimum Gasteiger partial charge on any atom is -0.480 e. The zero-order chi connectivity index (χ0) is 13.2. The maximum absolute atomic E-state index is 11.4. The van der Waals surface area contributed by atoms with E-state index >= 15 is 0 Å². The van der Waals surface area contributed by atoms with E-state index in [1.807, 2.05) is 22.5 Å². The number of thioether (sulfide) groups is 1. The van der Waals surface area contributed by atoms with E-state index < -0.39 is 12.0 Å². The van der Waals surface area contributed by atoms with Crippen LogP contribution in [-0.4, -0.2) is 32.1 Å². The predicted octanol–water partition coefficient (Wildman–Crippen LogP) is 2.53. The van der Waals surface area contributed by atoms with Crippen molar-refractivity contribution >= 4 is 17.7 Å². The Balaban J connectivity index is 1.82. The van der Waals surface area contributed by atoms with Gasteiger partial charge in [-0.05, 0) is 49.5 Å². The van der Waals surface area contributed by atoms with E-state index in [2.05, 4.69) is 4.98 Å². The van der Waals surface area contributed by atoms with Crippen LogP contribution in [0.15, 0.2) is 6.20 Å². The van der Waals surface area contributed by atoms with Crippen LogP contribution in [0.4, 0.5) is 0 Å². The van der Waals surface area contributed by atoms with Gasteiger partial charge in [0.05, 0.1) is 0 Å². The van der Waals surface area contributed by atoms with Gasteiger partial charge in [0.25, 0.3) is 0 Å². The molecule has 3 rings (SSSR count). The fourth-order valence-corrected chi connectivity index (χ4v) is 4.38. The molecule has 1 aromatic heterocycles. The number of hydrogen-bond donors (Lipinski definition) is 1. The summed E-state index contributed by atoms with van der Waals surface area (Å²) in [4.78, 5) is 15.9. The Hall–Kier alpha value is -0.970. The molecular weight excluding hydrogens is 260 g/mol. The topological polar surface area (TPSA) is 55.1 Å². The molecule has 1 fully saturated rings. The smallest absolute Gasteiger partial charge is 0.326 e. The lowest BCUT2D eigenvalue weighted by Gasteiger charge is -2.26. The van der Waals surface area contributed by atoms with Gasteiger partial charge in [-0.2, -0.15) is 11.8 Å². The molecule has 19 heavy (non-hydrogen) atoms. The van der Waals surface area contributed by atoms with Gasteiger partial charge in [0, 0.05) is 18.3 Å². The highest BCUT2D eigenvalue weighted by Crippen LogP contribution is 2.30. The molecular formula is C14H20N2O2S. The molecule has 1 saturated heterocycles. The Labute approximate surface area is 117 Å². The molecule has 2 aliphatic rings. The van der Waals surface area contributed by atoms with Gasteiger partial charge in [0.2, 0.25) is 0 Å². The first-order valence-corrected chi connectivity index (χ1v) is 8.26. The number of aromatic nitrogens is 2. The third-order valence-electron chi connectivity index (χ3n) is 4.18. The molecule has 1 aromatic rings. The minimum absolute atomic E-state index is 0.391. The minimum atomic E-state index is -0.710. The molecule has 2 unspecified atom stereocenters. The molecule has 0 saturated carbocycles. The molecule has 0 bridgehead atoms. The molecule has 0 radical (unpaired) electrons. The van der Waals surface area contributed by atoms with Gasteiger partial charge in [-0.15, -0.1) is 0 Å². The normalized spacial score (nSPS) is 26.9. The summed E-state index contributed by atoms with van der Waals surface area (Å²) in [7, 11) is 0. The van der Waals surface area contributed by atoms with Crippen molar-refractivity contribution in [1.29, 1.82) is 0 Å². The van der Waals surface area contributed by atoms with E-state index in [-0.39, 0.29) is 0 Å². The summed E-state index contributed by atoms with van der Waals surface area (Å²) in [6.07, 6.45) is 8.04. The van der Waals surface area contributed by atoms with Crippen LogP contribution in [-0.2, 0) is 17.6 Å². The monoisotopic (exact) mass is 280 g/mol. The zero-order valence-electron chi connectivity index (χ0n) is 11.0. The number of imidazole rings is 1. The van der Waals surface area contributed by atoms with Crippen molar-refractivity contribution in [3.63, 3.8) is 0 Å². The summed E-state index contributed by atoms with van der Waals surface area (Å²) in [5.41, 5.74) is 1.11. The van der Waals surface area contributed by atoms with Crippen LogP contribution in [0.25, 0.3) is 0 Å². The number of nitrogens with zero attached hydrogens (tertiary/aromatic N) is 2. The number of aryl methyl sites for hydroxylation is 1. The third-order valence-corrected chi connectivity index (χ3v) is 5.47. The van der Waals surface area contributed by atoms with Crippen LogP contribution in [0, 0.1) is 5.92 Å². The highest BCUT2D eigenvalue weighted by atomic mass is 32.2. The fourth-order valence-electron chi connectivity index (χ4n) is 3.22. The first-order chi connectivity index (χ1) is 9.25. The molecule has 2 atom stereocenters. The Bertz CT molecular complexity index is 466. The lowest BCUT2D eigenvalue weighted by Crippen LogP contribution is -2.27. The number of carboxylic acid groups (broad SMARTS) is 1. The van der Waals surface area contributed by atoms with Crippen molar-refractivity contribution in [2.45, 2.75) is 44.6 Å². The summed E-state index contributed by atoms with van der Waals surface area (Å²) >= 11 is 2.02. The molecule has 104 valence electrons. The third kappa shape index (κ3) is 2.66. The Morgan fingerprint density at radius 2 is 2.37 bits per heavy atom. The van der Waals surface area contributed by atoms with Crippen molar-refractivity contribution in [2.24, 2.45) is 5.92 Å². The van der Waals surface area contributed by atoms with Crippen LogP contribution in [0.3, 0.4) is 0 Å². The molecule has 5 heteroatoms. The molecule has 0 aromatic carbocycles. The van der Waals surface area contributed by atoms with Crippen LogP contribution in [0.5, 0.6) is 0 Å². The van der Waals surface area contributed by atoms with Crippen molar-refractivity contribution in [3.8, 4) is 0 Å². The van der Waals surface area contributed by atoms with Crippen LogP contribution in [0.2, 0.25) is 0 Å². The largest absolute Gasteiger partial charge is 0.480 e. The SMILES string of the molecule is O=C(O)C1CCCc2cnc(CC3CCCSC3)n21. The Morgan fingerprint density at radius 1 is 1.47 bits per heavy atom. The van der Waals surface area contributed by atoms with Gasteiger partial charge in [0.15, 0.2) is 0 Å². The molecule has 0 aliphatic carbocycles. The molecule has 3 heterocycles. The van der Waals surface area contributed by atoms with Crippen molar-refractivity contribution < 1.29 is 9.90 Å². The first kappa shape index (κ1) is 13.0. The van der Waals surface area contributed by atoms with Crippen LogP contribution in [0.1, 0.15) is 43.2 Å². The van der Waals surface area contributed by atoms with Crippen molar-refractivity contribution in [1.82, 2.24) is 9.55 Å². The Kier molecular flexibility index (Phi) is 3.82. The van der Waals surface area contributed by atoms with Gasteiger partial charge < -0.3 is 9.67 Å². The lowest BCUT2D eigenvalue weighted by atomic mass is 9.99. The summed E-state index contributed by atoms with van der Waals surface area (Å²) < 4.78 is 2.01. The number of carbonyl (C=O) groups is 1. The maximum atomic E-state index is 11.4. The quantitative estimate of drug-likeness (QED) is 0.924. The fraction of sp³-hybridized carbons (Fsp3) is 0.714. The van der Waals surface area contributed by atoms with Crippen molar-refractivity contribution in [3.05, 3.63) is 17.7 Å². The average Bonchev–Trinajstić information content (AvgIpc) is 2.83. The number of aliphatic carboxylic acids is 1. The second kappa shape index (κ2) is 5.57. The Morgan fingerprint density at radius 3 is 3.11 bits per heavy atom. The van der Waals surface area contributed by atoms with E-state index in [9.17, 15) is 9.90 Å². The summed E-state index contributed by atoms with van der Waals surface area (Å²) in [6.45, 7) is 0. The summed E-state index contributed by atoms with van der Waals surface area (Å²) in [5.74, 6) is 3.42. The zero-order valence-corrected chi connectivity index (χ0v) is 11.9. The molecule has 2 aliphatic heterocycles. The van der Waals surface area contributed by atoms with Crippen molar-refractivity contribution in [2.75, 3.05) is 11.5 Å². The van der Waals surface area contributed by atoms with Crippen LogP contribution >= 0.6 is 11.8 Å².